The fourth-order valence-electron chi connectivity index (χ4n) is 2.53. The highest BCUT2D eigenvalue weighted by molar-refractivity contribution is 5.70. The number of aromatic nitrogens is 3. The van der Waals surface area contributed by atoms with Gasteiger partial charge in [-0.2, -0.15) is 26.3 Å². The molecule has 0 aromatic carbocycles. The Hall–Kier alpha value is -2.72. The minimum Gasteiger partial charge on any atom is -0.460 e. The first-order valence-corrected chi connectivity index (χ1v) is 8.80. The number of hydrogen-bond acceptors (Lipinski definition) is 5. The van der Waals surface area contributed by atoms with Crippen LogP contribution in [0.15, 0.2) is 24.7 Å². The molecule has 2 aromatic heterocycles. The topological polar surface area (TPSA) is 65.0 Å². The van der Waals surface area contributed by atoms with E-state index in [4.69, 9.17) is 4.74 Å². The maximum atomic E-state index is 12.9. The maximum absolute atomic E-state index is 12.9. The van der Waals surface area contributed by atoms with Gasteiger partial charge in [0.2, 0.25) is 5.82 Å². The van der Waals surface area contributed by atoms with E-state index in [0.717, 1.165) is 18.6 Å². The summed E-state index contributed by atoms with van der Waals surface area (Å²) in [7, 11) is 0. The van der Waals surface area contributed by atoms with E-state index in [9.17, 15) is 31.1 Å². The molecule has 0 fully saturated rings. The van der Waals surface area contributed by atoms with E-state index in [0.29, 0.717) is 0 Å². The summed E-state index contributed by atoms with van der Waals surface area (Å²) in [5.74, 6) is -1.93. The zero-order valence-corrected chi connectivity index (χ0v) is 16.4. The van der Waals surface area contributed by atoms with E-state index in [-0.39, 0.29) is 35.2 Å². The van der Waals surface area contributed by atoms with E-state index < -0.39 is 36.2 Å². The predicted molar refractivity (Wildman–Crippen MR) is 94.2 cm³/mol. The number of esters is 1. The maximum Gasteiger partial charge on any atom is 0.451 e. The lowest BCUT2D eigenvalue weighted by Gasteiger charge is -2.20. The summed E-state index contributed by atoms with van der Waals surface area (Å²) in [5, 5.41) is 0. The van der Waals surface area contributed by atoms with E-state index in [2.05, 4.69) is 15.0 Å². The molecule has 0 saturated carbocycles. The molecule has 5 nitrogen and oxygen atoms in total. The second kappa shape index (κ2) is 8.57. The van der Waals surface area contributed by atoms with Crippen LogP contribution in [-0.4, -0.2) is 32.7 Å². The number of ether oxygens (including phenoxy) is 1. The third-order valence-electron chi connectivity index (χ3n) is 3.69. The van der Waals surface area contributed by atoms with Crippen LogP contribution in [0.25, 0.3) is 11.3 Å². The number of rotatable bonds is 5. The Morgan fingerprint density at radius 2 is 1.53 bits per heavy atom. The molecule has 30 heavy (non-hydrogen) atoms. The Kier molecular flexibility index (Phi) is 6.73. The van der Waals surface area contributed by atoms with Gasteiger partial charge in [0.05, 0.1) is 12.1 Å². The number of carbonyl (C=O) groups excluding carboxylic acids is 1. The number of pyridine rings is 1. The van der Waals surface area contributed by atoms with Crippen molar-refractivity contribution in [3.8, 4) is 11.3 Å². The largest absolute Gasteiger partial charge is 0.460 e. The average Bonchev–Trinajstić information content (AvgIpc) is 2.57. The Balaban J connectivity index is 2.31. The van der Waals surface area contributed by atoms with Crippen molar-refractivity contribution in [2.75, 3.05) is 0 Å². The Morgan fingerprint density at radius 1 is 0.933 bits per heavy atom. The van der Waals surface area contributed by atoms with E-state index in [1.807, 2.05) is 0 Å². The number of alkyl halides is 6. The van der Waals surface area contributed by atoms with Crippen molar-refractivity contribution in [3.05, 3.63) is 41.6 Å². The van der Waals surface area contributed by atoms with Gasteiger partial charge in [-0.25, -0.2) is 9.97 Å². The number of carbonyl (C=O) groups is 1. The van der Waals surface area contributed by atoms with Crippen LogP contribution in [-0.2, 0) is 28.5 Å². The molecule has 0 atom stereocenters. The molecule has 0 bridgehead atoms. The molecule has 0 unspecified atom stereocenters. The van der Waals surface area contributed by atoms with Gasteiger partial charge >= 0.3 is 18.3 Å². The third-order valence-corrected chi connectivity index (χ3v) is 3.69. The summed E-state index contributed by atoms with van der Waals surface area (Å²) in [6.45, 7) is 4.99. The van der Waals surface area contributed by atoms with Crippen molar-refractivity contribution in [1.82, 2.24) is 15.0 Å². The molecule has 0 radical (unpaired) electrons. The van der Waals surface area contributed by atoms with Gasteiger partial charge in [0.1, 0.15) is 5.60 Å². The highest BCUT2D eigenvalue weighted by atomic mass is 19.4. The van der Waals surface area contributed by atoms with Crippen molar-refractivity contribution in [1.29, 1.82) is 0 Å². The van der Waals surface area contributed by atoms with Crippen molar-refractivity contribution >= 4 is 5.97 Å². The lowest BCUT2D eigenvalue weighted by atomic mass is 10.00. The van der Waals surface area contributed by atoms with Crippen LogP contribution in [0.2, 0.25) is 0 Å². The van der Waals surface area contributed by atoms with Gasteiger partial charge in [-0.1, -0.05) is 0 Å². The van der Waals surface area contributed by atoms with Crippen LogP contribution in [0.5, 0.6) is 0 Å². The van der Waals surface area contributed by atoms with E-state index >= 15 is 0 Å². The molecule has 164 valence electrons. The minimum absolute atomic E-state index is 0.0582. The van der Waals surface area contributed by atoms with Crippen molar-refractivity contribution in [3.63, 3.8) is 0 Å². The van der Waals surface area contributed by atoms with Crippen LogP contribution in [0.4, 0.5) is 26.3 Å². The van der Waals surface area contributed by atoms with Crippen molar-refractivity contribution in [2.24, 2.45) is 0 Å². The summed E-state index contributed by atoms with van der Waals surface area (Å²) < 4.78 is 81.6. The summed E-state index contributed by atoms with van der Waals surface area (Å²) >= 11 is 0. The predicted octanol–water partition coefficient (Wildman–Crippen LogP) is 4.94. The fourth-order valence-corrected chi connectivity index (χ4v) is 2.53. The van der Waals surface area contributed by atoms with E-state index in [1.54, 1.807) is 20.8 Å². The highest BCUT2D eigenvalue weighted by Gasteiger charge is 2.34. The number of nitrogens with zero attached hydrogens (tertiary/aromatic N) is 3. The summed E-state index contributed by atoms with van der Waals surface area (Å²) in [6.07, 6.45) is -7.94. The number of halogens is 6. The van der Waals surface area contributed by atoms with Gasteiger partial charge in [-0.15, -0.1) is 0 Å². The molecule has 0 aliphatic heterocycles. The lowest BCUT2D eigenvalue weighted by molar-refractivity contribution is -0.154. The summed E-state index contributed by atoms with van der Waals surface area (Å²) in [4.78, 5) is 22.3. The van der Waals surface area contributed by atoms with E-state index in [1.165, 1.54) is 6.07 Å². The van der Waals surface area contributed by atoms with Gasteiger partial charge in [-0.3, -0.25) is 9.78 Å². The molecule has 2 heterocycles. The second-order valence-corrected chi connectivity index (χ2v) is 7.51. The van der Waals surface area contributed by atoms with Crippen LogP contribution in [0.1, 0.15) is 44.1 Å². The highest BCUT2D eigenvalue weighted by Crippen LogP contribution is 2.29. The van der Waals surface area contributed by atoms with Crippen LogP contribution >= 0.6 is 0 Å². The molecule has 0 aliphatic carbocycles. The first kappa shape index (κ1) is 23.6. The zero-order valence-electron chi connectivity index (χ0n) is 16.4. The third kappa shape index (κ3) is 7.27. The van der Waals surface area contributed by atoms with Crippen LogP contribution < -0.4 is 0 Å². The molecular weight excluding hydrogens is 416 g/mol. The number of hydrogen-bond donors (Lipinski definition) is 0. The standard InChI is InChI=1S/C19H19F6N3O2/c1-17(2,3)30-15(29)5-4-11-6-14(26-8-12(11)7-18(20,21)22)13-9-27-16(28-10-13)19(23,24)25/h6,8-10H,4-5,7H2,1-3H3. The Labute approximate surface area is 168 Å². The normalized spacial score (nSPS) is 12.7. The van der Waals surface area contributed by atoms with Crippen LogP contribution in [0, 0.1) is 0 Å². The smallest absolute Gasteiger partial charge is 0.451 e. The first-order valence-electron chi connectivity index (χ1n) is 8.80. The average molecular weight is 435 g/mol. The molecule has 2 aromatic rings. The molecule has 0 aliphatic rings. The summed E-state index contributed by atoms with van der Waals surface area (Å²) in [5.41, 5.74) is -0.507. The van der Waals surface area contributed by atoms with Gasteiger partial charge in [-0.05, 0) is 44.4 Å². The van der Waals surface area contributed by atoms with Crippen molar-refractivity contribution < 1.29 is 35.9 Å². The van der Waals surface area contributed by atoms with Gasteiger partial charge < -0.3 is 4.74 Å². The lowest BCUT2D eigenvalue weighted by Crippen LogP contribution is -2.24. The molecule has 0 saturated heterocycles. The van der Waals surface area contributed by atoms with Crippen molar-refractivity contribution in [2.45, 2.75) is 58.0 Å². The monoisotopic (exact) mass is 435 g/mol. The minimum atomic E-state index is -4.72. The van der Waals surface area contributed by atoms with Gasteiger partial charge in [0, 0.05) is 30.6 Å². The van der Waals surface area contributed by atoms with Crippen LogP contribution in [0.3, 0.4) is 0 Å². The molecule has 11 heteroatoms. The van der Waals surface area contributed by atoms with Gasteiger partial charge in [0.15, 0.2) is 0 Å². The Morgan fingerprint density at radius 3 is 2.03 bits per heavy atom. The number of aryl methyl sites for hydroxylation is 1. The Bertz CT molecular complexity index is 887. The SMILES string of the molecule is CC(C)(C)OC(=O)CCc1cc(-c2cnc(C(F)(F)F)nc2)ncc1CC(F)(F)F. The fraction of sp³-hybridized carbons (Fsp3) is 0.474. The molecule has 0 N–H and O–H groups in total. The second-order valence-electron chi connectivity index (χ2n) is 7.51. The molecular formula is C19H19F6N3O2. The summed E-state index contributed by atoms with van der Waals surface area (Å²) in [6, 6.07) is 1.29. The first-order chi connectivity index (χ1) is 13.6. The molecule has 2 rings (SSSR count). The quantitative estimate of drug-likeness (QED) is 0.492. The molecule has 0 spiro atoms. The van der Waals surface area contributed by atoms with Gasteiger partial charge in [0.25, 0.3) is 0 Å². The zero-order chi connectivity index (χ0) is 22.7. The molecule has 0 amide bonds.